The molecule has 1 aromatic carbocycles. The molecule has 1 heterocycles. The first kappa shape index (κ1) is 11.9. The molecular formula is C13H17NO3. The summed E-state index contributed by atoms with van der Waals surface area (Å²) < 4.78 is 5.39. The Morgan fingerprint density at radius 2 is 1.94 bits per heavy atom. The van der Waals surface area contributed by atoms with Crippen molar-refractivity contribution in [2.75, 3.05) is 19.7 Å². The van der Waals surface area contributed by atoms with Gasteiger partial charge in [-0.25, -0.2) is 0 Å². The third-order valence-electron chi connectivity index (χ3n) is 2.92. The first-order chi connectivity index (χ1) is 8.25. The molecule has 0 bridgehead atoms. The standard InChI is InChI=1S/C13H17NO3/c15-11-6-8-14(9-7-11)13(16)10-17-12-4-2-1-3-5-12/h1-5,11,15H,6-10H2. The van der Waals surface area contributed by atoms with E-state index < -0.39 is 0 Å². The van der Waals surface area contributed by atoms with Crippen LogP contribution in [0.25, 0.3) is 0 Å². The molecule has 0 aromatic heterocycles. The van der Waals surface area contributed by atoms with Gasteiger partial charge in [-0.15, -0.1) is 0 Å². The monoisotopic (exact) mass is 235 g/mol. The van der Waals surface area contributed by atoms with Crippen molar-refractivity contribution in [1.29, 1.82) is 0 Å². The van der Waals surface area contributed by atoms with Crippen LogP contribution in [0, 0.1) is 0 Å². The van der Waals surface area contributed by atoms with Gasteiger partial charge in [0.1, 0.15) is 5.75 Å². The van der Waals surface area contributed by atoms with Gasteiger partial charge in [-0.3, -0.25) is 4.79 Å². The van der Waals surface area contributed by atoms with Crippen LogP contribution in [-0.2, 0) is 4.79 Å². The van der Waals surface area contributed by atoms with Gasteiger partial charge in [0.2, 0.25) is 0 Å². The predicted octanol–water partition coefficient (Wildman–Crippen LogP) is 1.05. The van der Waals surface area contributed by atoms with Crippen LogP contribution in [0.5, 0.6) is 5.75 Å². The van der Waals surface area contributed by atoms with Crippen LogP contribution in [0.2, 0.25) is 0 Å². The lowest BCUT2D eigenvalue weighted by Gasteiger charge is -2.29. The van der Waals surface area contributed by atoms with E-state index in [-0.39, 0.29) is 18.6 Å². The van der Waals surface area contributed by atoms with E-state index in [4.69, 9.17) is 4.74 Å². The summed E-state index contributed by atoms with van der Waals surface area (Å²) in [5.74, 6) is 0.693. The van der Waals surface area contributed by atoms with E-state index in [2.05, 4.69) is 0 Å². The van der Waals surface area contributed by atoms with E-state index >= 15 is 0 Å². The maximum Gasteiger partial charge on any atom is 0.260 e. The molecule has 1 amide bonds. The van der Waals surface area contributed by atoms with Crippen molar-refractivity contribution in [2.24, 2.45) is 0 Å². The molecule has 1 aromatic rings. The smallest absolute Gasteiger partial charge is 0.260 e. The highest BCUT2D eigenvalue weighted by atomic mass is 16.5. The van der Waals surface area contributed by atoms with Crippen LogP contribution in [0.3, 0.4) is 0 Å². The van der Waals surface area contributed by atoms with E-state index in [0.29, 0.717) is 31.7 Å². The number of amides is 1. The molecule has 92 valence electrons. The number of rotatable bonds is 3. The van der Waals surface area contributed by atoms with Crippen LogP contribution < -0.4 is 4.74 Å². The van der Waals surface area contributed by atoms with Crippen LogP contribution in [0.15, 0.2) is 30.3 Å². The van der Waals surface area contributed by atoms with Crippen molar-refractivity contribution < 1.29 is 14.6 Å². The lowest BCUT2D eigenvalue weighted by molar-refractivity contribution is -0.135. The minimum Gasteiger partial charge on any atom is -0.484 e. The lowest BCUT2D eigenvalue weighted by Crippen LogP contribution is -2.42. The molecule has 1 fully saturated rings. The normalized spacial score (nSPS) is 16.9. The van der Waals surface area contributed by atoms with Crippen LogP contribution in [0.1, 0.15) is 12.8 Å². The number of para-hydroxylation sites is 1. The van der Waals surface area contributed by atoms with Gasteiger partial charge < -0.3 is 14.7 Å². The Morgan fingerprint density at radius 3 is 2.59 bits per heavy atom. The van der Waals surface area contributed by atoms with Crippen molar-refractivity contribution in [3.8, 4) is 5.75 Å². The molecule has 0 aliphatic carbocycles. The summed E-state index contributed by atoms with van der Waals surface area (Å²) in [5, 5.41) is 9.35. The quantitative estimate of drug-likeness (QED) is 0.852. The summed E-state index contributed by atoms with van der Waals surface area (Å²) in [6, 6.07) is 9.30. The number of carbonyl (C=O) groups excluding carboxylic acids is 1. The van der Waals surface area contributed by atoms with Gasteiger partial charge in [-0.05, 0) is 25.0 Å². The number of aliphatic hydroxyl groups is 1. The van der Waals surface area contributed by atoms with Crippen molar-refractivity contribution in [2.45, 2.75) is 18.9 Å². The zero-order valence-corrected chi connectivity index (χ0v) is 9.71. The summed E-state index contributed by atoms with van der Waals surface area (Å²) in [6.07, 6.45) is 1.07. The van der Waals surface area contributed by atoms with Gasteiger partial charge in [0.25, 0.3) is 5.91 Å². The molecule has 1 N–H and O–H groups in total. The van der Waals surface area contributed by atoms with Crippen molar-refractivity contribution in [3.63, 3.8) is 0 Å². The molecule has 1 aliphatic heterocycles. The van der Waals surface area contributed by atoms with Gasteiger partial charge in [0.15, 0.2) is 6.61 Å². The largest absolute Gasteiger partial charge is 0.484 e. The third-order valence-corrected chi connectivity index (χ3v) is 2.92. The molecule has 0 atom stereocenters. The Morgan fingerprint density at radius 1 is 1.29 bits per heavy atom. The highest BCUT2D eigenvalue weighted by Gasteiger charge is 2.21. The summed E-state index contributed by atoms with van der Waals surface area (Å²) in [7, 11) is 0. The summed E-state index contributed by atoms with van der Waals surface area (Å²) in [5.41, 5.74) is 0. The number of benzene rings is 1. The molecule has 0 unspecified atom stereocenters. The van der Waals surface area contributed by atoms with Gasteiger partial charge in [0.05, 0.1) is 6.10 Å². The van der Waals surface area contributed by atoms with E-state index in [1.54, 1.807) is 4.90 Å². The van der Waals surface area contributed by atoms with Gasteiger partial charge in [-0.1, -0.05) is 18.2 Å². The number of carbonyl (C=O) groups is 1. The topological polar surface area (TPSA) is 49.8 Å². The second-order valence-electron chi connectivity index (χ2n) is 4.21. The highest BCUT2D eigenvalue weighted by Crippen LogP contribution is 2.12. The summed E-state index contributed by atoms with van der Waals surface area (Å²) in [6.45, 7) is 1.32. The van der Waals surface area contributed by atoms with Gasteiger partial charge >= 0.3 is 0 Å². The third kappa shape index (κ3) is 3.46. The highest BCUT2D eigenvalue weighted by molar-refractivity contribution is 5.77. The maximum atomic E-state index is 11.8. The number of hydrogen-bond acceptors (Lipinski definition) is 3. The average Bonchev–Trinajstić information content (AvgIpc) is 2.38. The second kappa shape index (κ2) is 5.68. The van der Waals surface area contributed by atoms with E-state index in [0.717, 1.165) is 0 Å². The Kier molecular flexibility index (Phi) is 3.98. The number of piperidine rings is 1. The first-order valence-corrected chi connectivity index (χ1v) is 5.89. The van der Waals surface area contributed by atoms with E-state index in [1.165, 1.54) is 0 Å². The molecule has 4 nitrogen and oxygen atoms in total. The fourth-order valence-corrected chi connectivity index (χ4v) is 1.87. The van der Waals surface area contributed by atoms with Gasteiger partial charge in [0, 0.05) is 13.1 Å². The number of aliphatic hydroxyl groups excluding tert-OH is 1. The van der Waals surface area contributed by atoms with Crippen LogP contribution >= 0.6 is 0 Å². The Balaban J connectivity index is 1.78. The van der Waals surface area contributed by atoms with Crippen LogP contribution in [-0.4, -0.2) is 41.7 Å². The Bertz CT molecular complexity index is 358. The van der Waals surface area contributed by atoms with Crippen molar-refractivity contribution in [3.05, 3.63) is 30.3 Å². The molecule has 4 heteroatoms. The molecule has 0 spiro atoms. The predicted molar refractivity (Wildman–Crippen MR) is 63.8 cm³/mol. The SMILES string of the molecule is O=C(COc1ccccc1)N1CCC(O)CC1. The minimum atomic E-state index is -0.255. The maximum absolute atomic E-state index is 11.8. The zero-order valence-electron chi connectivity index (χ0n) is 9.71. The molecule has 0 radical (unpaired) electrons. The van der Waals surface area contributed by atoms with Crippen LogP contribution in [0.4, 0.5) is 0 Å². The lowest BCUT2D eigenvalue weighted by atomic mass is 10.1. The number of ether oxygens (including phenoxy) is 1. The van der Waals surface area contributed by atoms with Crippen molar-refractivity contribution in [1.82, 2.24) is 4.90 Å². The molecule has 17 heavy (non-hydrogen) atoms. The fraction of sp³-hybridized carbons (Fsp3) is 0.462. The van der Waals surface area contributed by atoms with E-state index in [9.17, 15) is 9.90 Å². The average molecular weight is 235 g/mol. The summed E-state index contributed by atoms with van der Waals surface area (Å²) >= 11 is 0. The molecule has 1 saturated heterocycles. The minimum absolute atomic E-state index is 0.0132. The fourth-order valence-electron chi connectivity index (χ4n) is 1.87. The molecular weight excluding hydrogens is 218 g/mol. The molecule has 0 saturated carbocycles. The summed E-state index contributed by atoms with van der Waals surface area (Å²) in [4.78, 5) is 13.5. The van der Waals surface area contributed by atoms with Crippen molar-refractivity contribution >= 4 is 5.91 Å². The van der Waals surface area contributed by atoms with E-state index in [1.807, 2.05) is 30.3 Å². The number of likely N-dealkylation sites (tertiary alicyclic amines) is 1. The molecule has 1 aliphatic rings. The molecule has 2 rings (SSSR count). The van der Waals surface area contributed by atoms with Gasteiger partial charge in [-0.2, -0.15) is 0 Å². The number of hydrogen-bond donors (Lipinski definition) is 1. The Labute approximate surface area is 101 Å². The first-order valence-electron chi connectivity index (χ1n) is 5.89. The second-order valence-corrected chi connectivity index (χ2v) is 4.21. The zero-order chi connectivity index (χ0) is 12.1. The Hall–Kier alpha value is -1.55. The number of nitrogens with zero attached hydrogens (tertiary/aromatic N) is 1.